The Morgan fingerprint density at radius 2 is 1.90 bits per heavy atom. The van der Waals surface area contributed by atoms with Gasteiger partial charge >= 0.3 is 6.09 Å². The van der Waals surface area contributed by atoms with E-state index in [2.05, 4.69) is 30.7 Å². The van der Waals surface area contributed by atoms with E-state index in [1.54, 1.807) is 0 Å². The van der Waals surface area contributed by atoms with Gasteiger partial charge in [-0.3, -0.25) is 0 Å². The molecule has 5 heteroatoms. The molecule has 0 saturated heterocycles. The molecule has 0 aliphatic heterocycles. The molecule has 0 heterocycles. The first-order valence-corrected chi connectivity index (χ1v) is 9.11. The molecule has 0 bridgehead atoms. The normalized spacial score (nSPS) is 23.1. The molecule has 0 aromatic heterocycles. The first kappa shape index (κ1) is 18.6. The molecule has 1 fully saturated rings. The van der Waals surface area contributed by atoms with Crippen LogP contribution in [0.1, 0.15) is 53.9 Å². The number of thioether (sulfide) groups is 1. The number of alkyl carbamates (subject to hydrolysis) is 1. The molecule has 0 aromatic rings. The Hall–Kier alpha value is -0.420. The molecule has 1 rings (SSSR count). The maximum absolute atomic E-state index is 11.7. The second-order valence-electron chi connectivity index (χ2n) is 7.52. The lowest BCUT2D eigenvalue weighted by Gasteiger charge is -2.28. The molecule has 0 radical (unpaired) electrons. The third-order valence-electron chi connectivity index (χ3n) is 3.91. The summed E-state index contributed by atoms with van der Waals surface area (Å²) in [6, 6.07) is 0.506. The SMILES string of the molecule is CSC(C)(C)CNC1CCCC1CNC(=O)OC(C)(C)C. The smallest absolute Gasteiger partial charge is 0.407 e. The highest BCUT2D eigenvalue weighted by Gasteiger charge is 2.29. The summed E-state index contributed by atoms with van der Waals surface area (Å²) in [6.45, 7) is 11.9. The Morgan fingerprint density at radius 1 is 1.24 bits per heavy atom. The fourth-order valence-electron chi connectivity index (χ4n) is 2.53. The van der Waals surface area contributed by atoms with Gasteiger partial charge in [0, 0.05) is 23.9 Å². The minimum absolute atomic E-state index is 0.256. The summed E-state index contributed by atoms with van der Waals surface area (Å²) in [5, 5.41) is 6.60. The van der Waals surface area contributed by atoms with Crippen LogP contribution in [0.5, 0.6) is 0 Å². The standard InChI is InChI=1S/C16H32N2O2S/c1-15(2,3)20-14(19)17-10-12-8-7-9-13(12)18-11-16(4,5)21-6/h12-13,18H,7-11H2,1-6H3,(H,17,19). The zero-order valence-electron chi connectivity index (χ0n) is 14.4. The van der Waals surface area contributed by atoms with Crippen LogP contribution in [0.15, 0.2) is 0 Å². The van der Waals surface area contributed by atoms with Gasteiger partial charge in [0.15, 0.2) is 0 Å². The van der Waals surface area contributed by atoms with Gasteiger partial charge in [-0.2, -0.15) is 11.8 Å². The van der Waals surface area contributed by atoms with Gasteiger partial charge in [0.1, 0.15) is 5.60 Å². The third kappa shape index (κ3) is 7.41. The molecule has 2 atom stereocenters. The van der Waals surface area contributed by atoms with Crippen LogP contribution in [-0.4, -0.2) is 41.8 Å². The van der Waals surface area contributed by atoms with Gasteiger partial charge in [-0.25, -0.2) is 4.79 Å². The van der Waals surface area contributed by atoms with Crippen molar-refractivity contribution in [1.29, 1.82) is 0 Å². The number of hydrogen-bond acceptors (Lipinski definition) is 4. The molecule has 2 N–H and O–H groups in total. The monoisotopic (exact) mass is 316 g/mol. The molecule has 1 aliphatic rings. The lowest BCUT2D eigenvalue weighted by molar-refractivity contribution is 0.0517. The van der Waals surface area contributed by atoms with Gasteiger partial charge in [0.05, 0.1) is 0 Å². The van der Waals surface area contributed by atoms with Crippen molar-refractivity contribution in [1.82, 2.24) is 10.6 Å². The van der Waals surface area contributed by atoms with Gasteiger partial charge < -0.3 is 15.4 Å². The largest absolute Gasteiger partial charge is 0.444 e. The molecule has 1 aliphatic carbocycles. The molecular weight excluding hydrogens is 284 g/mol. The Labute approximate surface area is 134 Å². The van der Waals surface area contributed by atoms with Crippen molar-refractivity contribution < 1.29 is 9.53 Å². The van der Waals surface area contributed by atoms with Crippen molar-refractivity contribution in [3.05, 3.63) is 0 Å². The predicted octanol–water partition coefficient (Wildman–Crippen LogP) is 3.41. The van der Waals surface area contributed by atoms with E-state index < -0.39 is 5.60 Å². The van der Waals surface area contributed by atoms with Crippen molar-refractivity contribution >= 4 is 17.9 Å². The van der Waals surface area contributed by atoms with E-state index in [1.807, 2.05) is 32.5 Å². The zero-order valence-corrected chi connectivity index (χ0v) is 15.2. The number of nitrogens with one attached hydrogen (secondary N) is 2. The summed E-state index contributed by atoms with van der Waals surface area (Å²) in [6.07, 6.45) is 5.45. The van der Waals surface area contributed by atoms with Crippen molar-refractivity contribution in [2.75, 3.05) is 19.3 Å². The first-order chi connectivity index (χ1) is 9.63. The fourth-order valence-corrected chi connectivity index (χ4v) is 2.76. The van der Waals surface area contributed by atoms with Crippen LogP contribution in [0.4, 0.5) is 4.79 Å². The van der Waals surface area contributed by atoms with E-state index in [4.69, 9.17) is 4.74 Å². The summed E-state index contributed by atoms with van der Waals surface area (Å²) in [4.78, 5) is 11.7. The maximum atomic E-state index is 11.7. The highest BCUT2D eigenvalue weighted by molar-refractivity contribution is 7.99. The summed E-state index contributed by atoms with van der Waals surface area (Å²) in [7, 11) is 0. The predicted molar refractivity (Wildman–Crippen MR) is 91.0 cm³/mol. The third-order valence-corrected chi connectivity index (χ3v) is 5.16. The van der Waals surface area contributed by atoms with Crippen LogP contribution >= 0.6 is 11.8 Å². The molecule has 1 amide bonds. The quantitative estimate of drug-likeness (QED) is 0.788. The maximum Gasteiger partial charge on any atom is 0.407 e. The Balaban J connectivity index is 2.35. The summed E-state index contributed by atoms with van der Waals surface area (Å²) < 4.78 is 5.55. The summed E-state index contributed by atoms with van der Waals surface area (Å²) in [5.41, 5.74) is -0.431. The summed E-state index contributed by atoms with van der Waals surface area (Å²) >= 11 is 1.88. The Kier molecular flexibility index (Phi) is 6.85. The van der Waals surface area contributed by atoms with Crippen LogP contribution in [0.3, 0.4) is 0 Å². The van der Waals surface area contributed by atoms with Crippen molar-refractivity contribution in [2.45, 2.75) is 70.3 Å². The van der Waals surface area contributed by atoms with Crippen LogP contribution in [-0.2, 0) is 4.74 Å². The van der Waals surface area contributed by atoms with E-state index in [-0.39, 0.29) is 10.8 Å². The number of ether oxygens (including phenoxy) is 1. The minimum Gasteiger partial charge on any atom is -0.444 e. The van der Waals surface area contributed by atoms with Crippen molar-refractivity contribution in [3.63, 3.8) is 0 Å². The molecule has 0 spiro atoms. The second-order valence-corrected chi connectivity index (χ2v) is 9.04. The molecule has 0 aromatic carbocycles. The number of amides is 1. The fraction of sp³-hybridized carbons (Fsp3) is 0.938. The van der Waals surface area contributed by atoms with Crippen LogP contribution in [0, 0.1) is 5.92 Å². The minimum atomic E-state index is -0.431. The number of rotatable bonds is 6. The Bertz CT molecular complexity index is 340. The average molecular weight is 317 g/mol. The zero-order chi connectivity index (χ0) is 16.1. The molecule has 124 valence electrons. The van der Waals surface area contributed by atoms with Crippen LogP contribution in [0.25, 0.3) is 0 Å². The van der Waals surface area contributed by atoms with E-state index in [9.17, 15) is 4.79 Å². The number of carbonyl (C=O) groups excluding carboxylic acids is 1. The number of hydrogen-bond donors (Lipinski definition) is 2. The van der Waals surface area contributed by atoms with Crippen LogP contribution in [0.2, 0.25) is 0 Å². The van der Waals surface area contributed by atoms with Crippen molar-refractivity contribution in [2.24, 2.45) is 5.92 Å². The molecular formula is C16H32N2O2S. The lowest BCUT2D eigenvalue weighted by Crippen LogP contribution is -2.44. The van der Waals surface area contributed by atoms with Gasteiger partial charge in [-0.15, -0.1) is 0 Å². The van der Waals surface area contributed by atoms with Gasteiger partial charge in [-0.1, -0.05) is 6.42 Å². The van der Waals surface area contributed by atoms with Crippen molar-refractivity contribution in [3.8, 4) is 0 Å². The van der Waals surface area contributed by atoms with E-state index >= 15 is 0 Å². The van der Waals surface area contributed by atoms with E-state index in [0.29, 0.717) is 18.5 Å². The lowest BCUT2D eigenvalue weighted by atomic mass is 10.0. The van der Waals surface area contributed by atoms with Crippen LogP contribution < -0.4 is 10.6 Å². The molecule has 4 nitrogen and oxygen atoms in total. The topological polar surface area (TPSA) is 50.4 Å². The van der Waals surface area contributed by atoms with Gasteiger partial charge in [0.25, 0.3) is 0 Å². The van der Waals surface area contributed by atoms with E-state index in [1.165, 1.54) is 19.3 Å². The highest BCUT2D eigenvalue weighted by atomic mass is 32.2. The second kappa shape index (κ2) is 7.73. The van der Waals surface area contributed by atoms with Gasteiger partial charge in [-0.05, 0) is 59.6 Å². The highest BCUT2D eigenvalue weighted by Crippen LogP contribution is 2.27. The molecule has 2 unspecified atom stereocenters. The average Bonchev–Trinajstić information content (AvgIpc) is 2.79. The first-order valence-electron chi connectivity index (χ1n) is 7.88. The summed E-state index contributed by atoms with van der Waals surface area (Å²) in [5.74, 6) is 0.509. The molecule has 21 heavy (non-hydrogen) atoms. The van der Waals surface area contributed by atoms with Gasteiger partial charge in [0.2, 0.25) is 0 Å². The number of carbonyl (C=O) groups is 1. The van der Waals surface area contributed by atoms with E-state index in [0.717, 1.165) is 6.54 Å². The molecule has 1 saturated carbocycles. The Morgan fingerprint density at radius 3 is 2.48 bits per heavy atom.